The Hall–Kier alpha value is -5.10. The monoisotopic (exact) mass is 601 g/mol. The summed E-state index contributed by atoms with van der Waals surface area (Å²) in [7, 11) is 0. The van der Waals surface area contributed by atoms with Crippen LogP contribution in [0.3, 0.4) is 0 Å². The minimum Gasteiger partial charge on any atom is -0.456 e. The maximum atomic E-state index is 13.4. The van der Waals surface area contributed by atoms with Crippen LogP contribution in [0.2, 0.25) is 5.15 Å². The van der Waals surface area contributed by atoms with E-state index < -0.39 is 11.1 Å². The number of hydrogen-bond acceptors (Lipinski definition) is 9. The average Bonchev–Trinajstić information content (AvgIpc) is 3.66. The topological polar surface area (TPSA) is 151 Å². The maximum absolute atomic E-state index is 13.4. The van der Waals surface area contributed by atoms with E-state index in [1.54, 1.807) is 28.8 Å². The molecule has 0 bridgehead atoms. The molecule has 5 rings (SSSR count). The number of aromatic amines is 1. The summed E-state index contributed by atoms with van der Waals surface area (Å²) in [5.41, 5.74) is 4.99. The van der Waals surface area contributed by atoms with Crippen molar-refractivity contribution in [3.63, 3.8) is 0 Å². The zero-order chi connectivity index (χ0) is 30.2. The van der Waals surface area contributed by atoms with E-state index in [9.17, 15) is 14.9 Å². The smallest absolute Gasteiger partial charge is 0.358 e. The van der Waals surface area contributed by atoms with Crippen molar-refractivity contribution in [2.75, 3.05) is 0 Å². The van der Waals surface area contributed by atoms with Gasteiger partial charge in [-0.05, 0) is 39.5 Å². The molecule has 0 aliphatic carbocycles. The third-order valence-corrected chi connectivity index (χ3v) is 7.14. The van der Waals surface area contributed by atoms with Crippen LogP contribution in [0.15, 0.2) is 72.8 Å². The fourth-order valence-corrected chi connectivity index (χ4v) is 4.99. The summed E-state index contributed by atoms with van der Waals surface area (Å²) in [5, 5.41) is 24.3. The van der Waals surface area contributed by atoms with Gasteiger partial charge in [-0.15, -0.1) is 20.3 Å². The van der Waals surface area contributed by atoms with Crippen LogP contribution in [0.1, 0.15) is 52.8 Å². The predicted molar refractivity (Wildman–Crippen MR) is 157 cm³/mol. The van der Waals surface area contributed by atoms with Crippen LogP contribution in [0.25, 0.3) is 22.5 Å². The number of esters is 1. The Bertz CT molecular complexity index is 1700. The largest absolute Gasteiger partial charge is 0.456 e. The number of aromatic nitrogens is 6. The molecule has 0 spiro atoms. The number of H-pyrrole nitrogens is 1. The van der Waals surface area contributed by atoms with Crippen molar-refractivity contribution in [1.82, 2.24) is 30.2 Å². The second-order valence-electron chi connectivity index (χ2n) is 9.68. The lowest BCUT2D eigenvalue weighted by Crippen LogP contribution is -2.16. The summed E-state index contributed by atoms with van der Waals surface area (Å²) in [6, 6.07) is 22.7. The molecule has 220 valence electrons. The van der Waals surface area contributed by atoms with Gasteiger partial charge in [0.2, 0.25) is 5.82 Å². The molecule has 3 aromatic carbocycles. The Labute approximate surface area is 251 Å². The number of hydrogen-bond donors (Lipinski definition) is 1. The highest BCUT2D eigenvalue weighted by molar-refractivity contribution is 6.32. The van der Waals surface area contributed by atoms with Crippen LogP contribution < -0.4 is 0 Å². The van der Waals surface area contributed by atoms with Crippen LogP contribution in [-0.4, -0.2) is 41.2 Å². The van der Waals surface area contributed by atoms with E-state index >= 15 is 0 Å². The molecule has 0 radical (unpaired) electrons. The van der Waals surface area contributed by atoms with Gasteiger partial charge < -0.3 is 14.1 Å². The number of tetrazole rings is 1. The molecular formula is C30H28ClN7O5. The molecule has 13 heteroatoms. The number of rotatable bonds is 13. The zero-order valence-corrected chi connectivity index (χ0v) is 24.0. The van der Waals surface area contributed by atoms with E-state index in [2.05, 4.69) is 37.4 Å². The SMILES string of the molecule is CCCCc1nc(Cl)c(C(=O)OCc2ccccc2CO[N+](=O)[O-])n1Cc1ccc(-c2ccccc2-c2nn[nH]n2)cc1. The number of nitrogens with zero attached hydrogens (tertiary/aromatic N) is 6. The fourth-order valence-electron chi connectivity index (χ4n) is 4.71. The van der Waals surface area contributed by atoms with Crippen molar-refractivity contribution in [2.45, 2.75) is 45.9 Å². The first-order valence-electron chi connectivity index (χ1n) is 13.6. The van der Waals surface area contributed by atoms with Crippen molar-refractivity contribution < 1.29 is 19.5 Å². The number of benzene rings is 3. The van der Waals surface area contributed by atoms with Crippen LogP contribution in [0, 0.1) is 10.1 Å². The van der Waals surface area contributed by atoms with Gasteiger partial charge in [0, 0.05) is 18.5 Å². The summed E-state index contributed by atoms with van der Waals surface area (Å²) in [6.07, 6.45) is 2.46. The van der Waals surface area contributed by atoms with Gasteiger partial charge >= 0.3 is 5.97 Å². The lowest BCUT2D eigenvalue weighted by molar-refractivity contribution is -0.763. The standard InChI is InChI=1S/C30H28ClN7O5/c1-2-3-12-26-32-28(31)27(30(39)42-18-22-8-4-5-9-23(22)19-43-38(40)41)37(26)17-20-13-15-21(16-14-20)24-10-6-7-11-25(24)29-33-35-36-34-29/h4-11,13-16H,2-3,12,17-19H2,1H3,(H,33,34,35,36). The lowest BCUT2D eigenvalue weighted by Gasteiger charge is -2.14. The van der Waals surface area contributed by atoms with E-state index in [1.165, 1.54) is 0 Å². The Morgan fingerprint density at radius 2 is 1.70 bits per heavy atom. The maximum Gasteiger partial charge on any atom is 0.358 e. The highest BCUT2D eigenvalue weighted by atomic mass is 35.5. The van der Waals surface area contributed by atoms with E-state index in [-0.39, 0.29) is 24.1 Å². The van der Waals surface area contributed by atoms with Gasteiger partial charge in [-0.3, -0.25) is 0 Å². The molecule has 1 N–H and O–H groups in total. The predicted octanol–water partition coefficient (Wildman–Crippen LogP) is 5.84. The molecule has 0 fully saturated rings. The highest BCUT2D eigenvalue weighted by Crippen LogP contribution is 2.30. The summed E-state index contributed by atoms with van der Waals surface area (Å²) in [6.45, 7) is 2.06. The first kappa shape index (κ1) is 29.4. The number of imidazole rings is 1. The van der Waals surface area contributed by atoms with Gasteiger partial charge in [-0.1, -0.05) is 97.7 Å². The van der Waals surface area contributed by atoms with Crippen molar-refractivity contribution in [1.29, 1.82) is 0 Å². The molecule has 0 saturated carbocycles. The second-order valence-corrected chi connectivity index (χ2v) is 10.0. The van der Waals surface area contributed by atoms with Crippen molar-refractivity contribution in [2.24, 2.45) is 0 Å². The minimum atomic E-state index is -0.863. The normalized spacial score (nSPS) is 10.9. The van der Waals surface area contributed by atoms with Crippen molar-refractivity contribution >= 4 is 17.6 Å². The first-order chi connectivity index (χ1) is 20.9. The summed E-state index contributed by atoms with van der Waals surface area (Å²) < 4.78 is 7.43. The van der Waals surface area contributed by atoms with Gasteiger partial charge in [0.25, 0.3) is 5.09 Å². The van der Waals surface area contributed by atoms with Crippen LogP contribution in [-0.2, 0) is 35.8 Å². The number of ether oxygens (including phenoxy) is 1. The quantitative estimate of drug-likeness (QED) is 0.0996. The summed E-state index contributed by atoms with van der Waals surface area (Å²) in [4.78, 5) is 33.0. The second kappa shape index (κ2) is 13.7. The fraction of sp³-hybridized carbons (Fsp3) is 0.233. The first-order valence-corrected chi connectivity index (χ1v) is 14.0. The molecule has 0 amide bonds. The molecule has 0 aliphatic heterocycles. The Kier molecular flexibility index (Phi) is 9.37. The van der Waals surface area contributed by atoms with Gasteiger partial charge in [0.05, 0.1) is 0 Å². The third kappa shape index (κ3) is 7.04. The van der Waals surface area contributed by atoms with Gasteiger partial charge in [0.15, 0.2) is 10.8 Å². The number of carbonyl (C=O) groups excluding carboxylic acids is 1. The average molecular weight is 602 g/mol. The zero-order valence-electron chi connectivity index (χ0n) is 23.3. The number of carbonyl (C=O) groups is 1. The van der Waals surface area contributed by atoms with E-state index in [0.717, 1.165) is 35.1 Å². The number of halogens is 1. The lowest BCUT2D eigenvalue weighted by atomic mass is 9.98. The number of nitrogens with one attached hydrogen (secondary N) is 1. The Balaban J connectivity index is 1.38. The summed E-state index contributed by atoms with van der Waals surface area (Å²) in [5.74, 6) is 0.547. The van der Waals surface area contributed by atoms with Gasteiger partial charge in [-0.25, -0.2) is 9.78 Å². The van der Waals surface area contributed by atoms with E-state index in [4.69, 9.17) is 16.3 Å². The third-order valence-electron chi connectivity index (χ3n) is 6.87. The van der Waals surface area contributed by atoms with Gasteiger partial charge in [-0.2, -0.15) is 5.21 Å². The Morgan fingerprint density at radius 3 is 2.37 bits per heavy atom. The molecule has 0 atom stereocenters. The molecular weight excluding hydrogens is 574 g/mol. The molecule has 2 aromatic heterocycles. The van der Waals surface area contributed by atoms with Crippen LogP contribution in [0.5, 0.6) is 0 Å². The molecule has 0 saturated heterocycles. The van der Waals surface area contributed by atoms with Gasteiger partial charge in [0.1, 0.15) is 19.0 Å². The van der Waals surface area contributed by atoms with E-state index in [0.29, 0.717) is 35.7 Å². The van der Waals surface area contributed by atoms with Crippen molar-refractivity contribution in [3.8, 4) is 22.5 Å². The van der Waals surface area contributed by atoms with Crippen LogP contribution in [0.4, 0.5) is 0 Å². The molecule has 0 unspecified atom stereocenters. The van der Waals surface area contributed by atoms with Crippen molar-refractivity contribution in [3.05, 3.63) is 116 Å². The molecule has 43 heavy (non-hydrogen) atoms. The molecule has 0 aliphatic rings. The van der Waals surface area contributed by atoms with Crippen LogP contribution >= 0.6 is 11.6 Å². The number of aryl methyl sites for hydroxylation is 1. The highest BCUT2D eigenvalue weighted by Gasteiger charge is 2.24. The Morgan fingerprint density at radius 1 is 1.00 bits per heavy atom. The summed E-state index contributed by atoms with van der Waals surface area (Å²) >= 11 is 6.51. The molecule has 2 heterocycles. The minimum absolute atomic E-state index is 0.0618. The van der Waals surface area contributed by atoms with E-state index in [1.807, 2.05) is 48.5 Å². The molecule has 12 nitrogen and oxygen atoms in total. The number of unbranched alkanes of at least 4 members (excludes halogenated alkanes) is 1. The molecule has 5 aromatic rings.